The van der Waals surface area contributed by atoms with Crippen molar-refractivity contribution in [2.24, 2.45) is 0 Å². The highest BCUT2D eigenvalue weighted by Gasteiger charge is 2.19. The summed E-state index contributed by atoms with van der Waals surface area (Å²) >= 11 is 3.55. The van der Waals surface area contributed by atoms with Crippen LogP contribution < -0.4 is 0 Å². The Balaban J connectivity index is 1.76. The van der Waals surface area contributed by atoms with Gasteiger partial charge < -0.3 is 9.84 Å². The van der Waals surface area contributed by atoms with Crippen molar-refractivity contribution in [2.45, 2.75) is 52.2 Å². The van der Waals surface area contributed by atoms with Gasteiger partial charge in [-0.05, 0) is 65.4 Å². The normalized spacial score (nSPS) is 11.2. The van der Waals surface area contributed by atoms with Gasteiger partial charge in [-0.15, -0.1) is 0 Å². The number of carboxylic acids is 1. The lowest BCUT2D eigenvalue weighted by Crippen LogP contribution is -2.11. The molecule has 0 aromatic carbocycles. The Morgan fingerprint density at radius 1 is 1.12 bits per heavy atom. The molecule has 4 aromatic heterocycles. The highest BCUT2D eigenvalue weighted by molar-refractivity contribution is 9.10. The van der Waals surface area contributed by atoms with Crippen LogP contribution in [0.25, 0.3) is 16.6 Å². The van der Waals surface area contributed by atoms with Gasteiger partial charge in [0.05, 0.1) is 36.3 Å². The molecular formula is C25H26BrN5O3. The summed E-state index contributed by atoms with van der Waals surface area (Å²) in [7, 11) is 0. The fraction of sp³-hybridized carbons (Fsp3) is 0.320. The molecule has 0 atom stereocenters. The van der Waals surface area contributed by atoms with Crippen LogP contribution in [-0.4, -0.2) is 35.6 Å². The minimum Gasteiger partial charge on any atom is -0.481 e. The molecule has 0 saturated carbocycles. The molecular weight excluding hydrogens is 498 g/mol. The summed E-state index contributed by atoms with van der Waals surface area (Å²) in [5, 5.41) is 14.0. The highest BCUT2D eigenvalue weighted by Crippen LogP contribution is 2.34. The van der Waals surface area contributed by atoms with Crippen LogP contribution in [0.4, 0.5) is 0 Å². The van der Waals surface area contributed by atoms with E-state index in [2.05, 4.69) is 49.9 Å². The van der Waals surface area contributed by atoms with Crippen LogP contribution in [-0.2, 0) is 35.6 Å². The maximum absolute atomic E-state index is 11.0. The number of aliphatic carboxylic acids is 1. The van der Waals surface area contributed by atoms with Crippen LogP contribution in [0, 0.1) is 0 Å². The smallest absolute Gasteiger partial charge is 0.303 e. The molecule has 0 bridgehead atoms. The molecule has 4 rings (SSSR count). The molecule has 34 heavy (non-hydrogen) atoms. The van der Waals surface area contributed by atoms with E-state index >= 15 is 0 Å². The molecule has 0 radical (unpaired) electrons. The average molecular weight is 524 g/mol. The van der Waals surface area contributed by atoms with E-state index in [1.165, 1.54) is 0 Å². The fourth-order valence-corrected chi connectivity index (χ4v) is 4.38. The summed E-state index contributed by atoms with van der Waals surface area (Å²) in [6, 6.07) is 6.23. The third-order valence-corrected chi connectivity index (χ3v) is 6.02. The Morgan fingerprint density at radius 3 is 2.74 bits per heavy atom. The molecule has 1 N–H and O–H groups in total. The minimum absolute atomic E-state index is 0.146. The number of ether oxygens (including phenoxy) is 1. The zero-order valence-corrected chi connectivity index (χ0v) is 20.5. The molecule has 0 fully saturated rings. The van der Waals surface area contributed by atoms with Gasteiger partial charge in [-0.25, -0.2) is 4.52 Å². The Morgan fingerprint density at radius 2 is 2.00 bits per heavy atom. The first kappa shape index (κ1) is 24.0. The molecule has 4 heterocycles. The van der Waals surface area contributed by atoms with E-state index in [0.717, 1.165) is 56.6 Å². The lowest BCUT2D eigenvalue weighted by atomic mass is 9.95. The second kappa shape index (κ2) is 11.3. The van der Waals surface area contributed by atoms with Crippen molar-refractivity contribution in [1.82, 2.24) is 24.6 Å². The van der Waals surface area contributed by atoms with Crippen LogP contribution >= 0.6 is 15.9 Å². The molecule has 9 heteroatoms. The van der Waals surface area contributed by atoms with Crippen LogP contribution in [0.3, 0.4) is 0 Å². The third-order valence-electron chi connectivity index (χ3n) is 5.59. The lowest BCUT2D eigenvalue weighted by Gasteiger charge is -2.18. The standard InChI is InChI=1S/C25H26BrN5O3/c1-2-20-7-8-23-25(17-11-18(26)13-28-12-17)21(5-3-4-6-24(32)33)22(30-31(20)23)16-34-15-19-14-27-9-10-29-19/h7-14H,2-6,15-16H2,1H3,(H,32,33). The Labute approximate surface area is 206 Å². The van der Waals surface area contributed by atoms with Crippen molar-refractivity contribution in [2.75, 3.05) is 0 Å². The molecule has 0 unspecified atom stereocenters. The van der Waals surface area contributed by atoms with Crippen molar-refractivity contribution in [1.29, 1.82) is 0 Å². The fourth-order valence-electron chi connectivity index (χ4n) is 4.02. The van der Waals surface area contributed by atoms with E-state index in [1.54, 1.807) is 24.8 Å². The molecule has 0 aliphatic heterocycles. The van der Waals surface area contributed by atoms with Crippen molar-refractivity contribution in [3.63, 3.8) is 0 Å². The van der Waals surface area contributed by atoms with Crippen LogP contribution in [0.1, 0.15) is 48.8 Å². The Hall–Kier alpha value is -3.17. The summed E-state index contributed by atoms with van der Waals surface area (Å²) in [4.78, 5) is 23.8. The first-order chi connectivity index (χ1) is 16.6. The second-order valence-corrected chi connectivity index (χ2v) is 8.87. The summed E-state index contributed by atoms with van der Waals surface area (Å²) in [5.74, 6) is -0.781. The number of carbonyl (C=O) groups is 1. The molecule has 0 saturated heterocycles. The van der Waals surface area contributed by atoms with E-state index in [-0.39, 0.29) is 6.42 Å². The van der Waals surface area contributed by atoms with Gasteiger partial charge in [0.1, 0.15) is 0 Å². The number of hydrogen-bond acceptors (Lipinski definition) is 6. The number of fused-ring (bicyclic) bond motifs is 1. The zero-order valence-electron chi connectivity index (χ0n) is 18.9. The highest BCUT2D eigenvalue weighted by atomic mass is 79.9. The van der Waals surface area contributed by atoms with Gasteiger partial charge in [0.15, 0.2) is 0 Å². The summed E-state index contributed by atoms with van der Waals surface area (Å²) in [6.45, 7) is 2.73. The van der Waals surface area contributed by atoms with Gasteiger partial charge in [-0.3, -0.25) is 19.7 Å². The number of aryl methyl sites for hydroxylation is 1. The predicted octanol–water partition coefficient (Wildman–Crippen LogP) is 5.03. The van der Waals surface area contributed by atoms with E-state index in [1.807, 2.05) is 16.8 Å². The monoisotopic (exact) mass is 523 g/mol. The zero-order chi connectivity index (χ0) is 23.9. The minimum atomic E-state index is -0.781. The number of rotatable bonds is 11. The van der Waals surface area contributed by atoms with Crippen LogP contribution in [0.15, 0.2) is 53.7 Å². The molecule has 0 amide bonds. The molecule has 0 aliphatic carbocycles. The molecule has 4 aromatic rings. The quantitative estimate of drug-likeness (QED) is 0.275. The van der Waals surface area contributed by atoms with Crippen LogP contribution in [0.2, 0.25) is 0 Å². The van der Waals surface area contributed by atoms with Crippen molar-refractivity contribution in [3.05, 3.63) is 76.3 Å². The summed E-state index contributed by atoms with van der Waals surface area (Å²) in [6.07, 6.45) is 11.6. The first-order valence-corrected chi connectivity index (χ1v) is 12.0. The van der Waals surface area contributed by atoms with E-state index in [0.29, 0.717) is 26.1 Å². The van der Waals surface area contributed by atoms with Crippen molar-refractivity contribution < 1.29 is 14.6 Å². The second-order valence-electron chi connectivity index (χ2n) is 7.96. The van der Waals surface area contributed by atoms with Gasteiger partial charge in [-0.1, -0.05) is 6.92 Å². The van der Waals surface area contributed by atoms with Crippen molar-refractivity contribution in [3.8, 4) is 11.1 Å². The summed E-state index contributed by atoms with van der Waals surface area (Å²) < 4.78 is 8.88. The third kappa shape index (κ3) is 5.66. The number of carboxylic acid groups (broad SMARTS) is 1. The van der Waals surface area contributed by atoms with Crippen molar-refractivity contribution >= 4 is 27.4 Å². The predicted molar refractivity (Wildman–Crippen MR) is 131 cm³/mol. The molecule has 0 spiro atoms. The maximum atomic E-state index is 11.0. The number of pyridine rings is 1. The molecule has 0 aliphatic rings. The van der Waals surface area contributed by atoms with Gasteiger partial charge in [-0.2, -0.15) is 5.10 Å². The number of aromatic nitrogens is 5. The van der Waals surface area contributed by atoms with E-state index < -0.39 is 5.97 Å². The lowest BCUT2D eigenvalue weighted by molar-refractivity contribution is -0.137. The van der Waals surface area contributed by atoms with Gasteiger partial charge in [0.25, 0.3) is 0 Å². The van der Waals surface area contributed by atoms with Gasteiger partial charge in [0.2, 0.25) is 0 Å². The number of hydrogen-bond donors (Lipinski definition) is 1. The van der Waals surface area contributed by atoms with E-state index in [4.69, 9.17) is 14.9 Å². The number of nitrogens with zero attached hydrogens (tertiary/aromatic N) is 5. The first-order valence-electron chi connectivity index (χ1n) is 11.2. The average Bonchev–Trinajstić information content (AvgIpc) is 3.24. The van der Waals surface area contributed by atoms with Gasteiger partial charge in [0, 0.05) is 52.5 Å². The van der Waals surface area contributed by atoms with Gasteiger partial charge >= 0.3 is 5.97 Å². The number of halogens is 1. The number of unbranched alkanes of at least 4 members (excludes halogenated alkanes) is 1. The topological polar surface area (TPSA) is 102 Å². The Bertz CT molecular complexity index is 1280. The molecule has 176 valence electrons. The SMILES string of the molecule is CCc1ccc2c(-c3cncc(Br)c3)c(CCCCC(=O)O)c(COCc3cnccn3)nn12. The Kier molecular flexibility index (Phi) is 7.97. The summed E-state index contributed by atoms with van der Waals surface area (Å²) in [5.41, 5.74) is 6.76. The largest absolute Gasteiger partial charge is 0.481 e. The van der Waals surface area contributed by atoms with Crippen LogP contribution in [0.5, 0.6) is 0 Å². The van der Waals surface area contributed by atoms with E-state index in [9.17, 15) is 4.79 Å². The molecule has 8 nitrogen and oxygen atoms in total. The maximum Gasteiger partial charge on any atom is 0.303 e.